The van der Waals surface area contributed by atoms with Gasteiger partial charge in [0.2, 0.25) is 0 Å². The molecule has 4 aromatic heterocycles. The Labute approximate surface area is 338 Å². The van der Waals surface area contributed by atoms with Crippen LogP contribution in [0.2, 0.25) is 10.0 Å². The third kappa shape index (κ3) is 13.3. The predicted molar refractivity (Wildman–Crippen MR) is 202 cm³/mol. The topological polar surface area (TPSA) is 229 Å². The summed E-state index contributed by atoms with van der Waals surface area (Å²) in [7, 11) is 0. The van der Waals surface area contributed by atoms with Crippen LogP contribution in [-0.4, -0.2) is 66.4 Å². The summed E-state index contributed by atoms with van der Waals surface area (Å²) in [6, 6.07) is 4.63. The summed E-state index contributed by atoms with van der Waals surface area (Å²) >= 11 is 11.4. The number of alkyl halides is 6. The minimum Gasteiger partial charge on any atom is -0.478 e. The maximum atomic E-state index is 13.1. The molecule has 0 unspecified atom stereocenters. The summed E-state index contributed by atoms with van der Waals surface area (Å²) in [4.78, 5) is 45.3. The highest BCUT2D eigenvalue weighted by molar-refractivity contribution is 6.32. The molecule has 0 spiro atoms. The van der Waals surface area contributed by atoms with E-state index in [4.69, 9.17) is 34.2 Å². The number of carboxylic acids is 1. The van der Waals surface area contributed by atoms with Gasteiger partial charge in [-0.1, -0.05) is 23.2 Å². The van der Waals surface area contributed by atoms with E-state index in [0.717, 1.165) is 35.2 Å². The zero-order valence-corrected chi connectivity index (χ0v) is 31.6. The van der Waals surface area contributed by atoms with E-state index in [1.807, 2.05) is 0 Å². The molecule has 0 saturated heterocycles. The first-order valence-electron chi connectivity index (χ1n) is 16.1. The van der Waals surface area contributed by atoms with Gasteiger partial charge in [-0.2, -0.15) is 26.3 Å². The molecule has 0 atom stereocenters. The van der Waals surface area contributed by atoms with Crippen molar-refractivity contribution in [3.8, 4) is 22.8 Å². The first-order chi connectivity index (χ1) is 27.8. The number of nitrogen functional groups attached to an aromatic ring is 1. The highest BCUT2D eigenvalue weighted by Crippen LogP contribution is 2.39. The lowest BCUT2D eigenvalue weighted by Crippen LogP contribution is -2.28. The number of carbonyl (C=O) groups excluding carboxylic acids is 1. The summed E-state index contributed by atoms with van der Waals surface area (Å²) in [6.07, 6.45) is 6.66. The van der Waals surface area contributed by atoms with Gasteiger partial charge in [0.1, 0.15) is 12.7 Å². The summed E-state index contributed by atoms with van der Waals surface area (Å²) in [5.41, 5.74) is 6.12. The number of carbonyl (C=O) groups is 2. The summed E-state index contributed by atoms with van der Waals surface area (Å²) < 4.78 is 80.5. The Hall–Kier alpha value is -6.98. The van der Waals surface area contributed by atoms with Crippen molar-refractivity contribution in [3.05, 3.63) is 119 Å². The van der Waals surface area contributed by atoms with Crippen LogP contribution in [0.5, 0.6) is 0 Å². The van der Waals surface area contributed by atoms with Gasteiger partial charge in [-0.15, -0.1) is 10.2 Å². The average Bonchev–Trinajstić information content (AvgIpc) is 3.88. The van der Waals surface area contributed by atoms with Crippen LogP contribution in [0.3, 0.4) is 0 Å². The fraction of sp³-hybridized carbons (Fsp3) is 0.118. The predicted octanol–water partition coefficient (Wildman–Crippen LogP) is 6.57. The SMILES string of the molecule is Cc1cc(-c2ncn(/C=C\C(=O)NNc3cnccn3)n2)cc(C(F)(F)F)c1Cl.Cc1cc(-c2ncn(/C=C\C(=O)O)n2)cc(C(F)(F)F)c1Cl.NNc1cnccn1. The molecule has 1 amide bonds. The molecule has 17 nitrogen and oxygen atoms in total. The number of aromatic nitrogens is 10. The van der Waals surface area contributed by atoms with E-state index in [1.165, 1.54) is 68.1 Å². The monoisotopic (exact) mass is 864 g/mol. The Morgan fingerprint density at radius 3 is 1.56 bits per heavy atom. The molecule has 0 aliphatic carbocycles. The lowest BCUT2D eigenvalue weighted by Gasteiger charge is -2.12. The summed E-state index contributed by atoms with van der Waals surface area (Å²) in [5, 5.41) is 15.7. The van der Waals surface area contributed by atoms with Crippen molar-refractivity contribution in [3.63, 3.8) is 0 Å². The van der Waals surface area contributed by atoms with Crippen LogP contribution in [-0.2, 0) is 21.9 Å². The van der Waals surface area contributed by atoms with E-state index in [2.05, 4.69) is 56.4 Å². The van der Waals surface area contributed by atoms with E-state index in [-0.39, 0.29) is 43.9 Å². The van der Waals surface area contributed by atoms with E-state index >= 15 is 0 Å². The number of benzene rings is 2. The molecule has 6 N–H and O–H groups in total. The Morgan fingerprint density at radius 1 is 0.712 bits per heavy atom. The Balaban J connectivity index is 0.000000225. The highest BCUT2D eigenvalue weighted by atomic mass is 35.5. The number of aliphatic carboxylic acids is 1. The second-order valence-corrected chi connectivity index (χ2v) is 12.1. The molecule has 2 aromatic carbocycles. The van der Waals surface area contributed by atoms with Crippen molar-refractivity contribution >= 4 is 59.1 Å². The van der Waals surface area contributed by atoms with E-state index < -0.39 is 35.4 Å². The number of nitrogens with zero attached hydrogens (tertiary/aromatic N) is 10. The van der Waals surface area contributed by atoms with Crippen molar-refractivity contribution in [1.82, 2.24) is 54.9 Å². The lowest BCUT2D eigenvalue weighted by molar-refractivity contribution is -0.138. The van der Waals surface area contributed by atoms with Gasteiger partial charge in [0.05, 0.1) is 33.6 Å². The number of amides is 1. The number of nitrogens with one attached hydrogen (secondary N) is 3. The highest BCUT2D eigenvalue weighted by Gasteiger charge is 2.35. The van der Waals surface area contributed by atoms with E-state index in [1.54, 1.807) is 18.6 Å². The van der Waals surface area contributed by atoms with Crippen molar-refractivity contribution < 1.29 is 41.0 Å². The smallest absolute Gasteiger partial charge is 0.417 e. The summed E-state index contributed by atoms with van der Waals surface area (Å²) in [5.74, 6) is 4.30. The quantitative estimate of drug-likeness (QED) is 0.0448. The van der Waals surface area contributed by atoms with Crippen molar-refractivity contribution in [2.24, 2.45) is 5.84 Å². The molecule has 0 radical (unpaired) electrons. The molecule has 0 bridgehead atoms. The van der Waals surface area contributed by atoms with Crippen LogP contribution in [0.15, 0.2) is 86.3 Å². The van der Waals surface area contributed by atoms with Crippen LogP contribution in [0.4, 0.5) is 38.0 Å². The van der Waals surface area contributed by atoms with Crippen LogP contribution < -0.4 is 22.1 Å². The standard InChI is InChI=1S/C17H13ClF3N7O.C13H9ClF3N3O2.C4H6N4/c1-10-6-11(7-12(15(10)18)17(19,20)21)16-24-9-28(27-16)5-2-14(29)26-25-13-8-22-3-4-23-13;1-7-4-8(5-9(11(7)14)13(15,16)17)12-18-6-20(19-12)3-2-10(21)22;5-8-4-3-6-1-2-7-4/h2-9H,1H3,(H,23,25)(H,26,29);2-6H,1H3,(H,21,22);1-3H,5H2,(H,7,8)/b5-2-;3-2-;. The number of hydrogen-bond donors (Lipinski definition) is 5. The molecule has 0 aliphatic rings. The first kappa shape index (κ1) is 44.7. The number of hydrogen-bond acceptors (Lipinski definition) is 13. The first-order valence-corrected chi connectivity index (χ1v) is 16.8. The van der Waals surface area contributed by atoms with Crippen LogP contribution in [0, 0.1) is 13.8 Å². The minimum atomic E-state index is -4.60. The third-order valence-corrected chi connectivity index (χ3v) is 7.99. The maximum absolute atomic E-state index is 13.1. The van der Waals surface area contributed by atoms with Crippen molar-refractivity contribution in [2.45, 2.75) is 26.2 Å². The number of hydrazine groups is 2. The molecule has 0 saturated carbocycles. The van der Waals surface area contributed by atoms with Crippen molar-refractivity contribution in [1.29, 1.82) is 0 Å². The molecule has 0 fully saturated rings. The molecule has 25 heteroatoms. The van der Waals surface area contributed by atoms with Gasteiger partial charge in [-0.3, -0.25) is 25.6 Å². The largest absolute Gasteiger partial charge is 0.478 e. The maximum Gasteiger partial charge on any atom is 0.417 e. The Kier molecular flexibility index (Phi) is 15.1. The van der Waals surface area contributed by atoms with Gasteiger partial charge in [-0.05, 0) is 49.2 Å². The fourth-order valence-electron chi connectivity index (χ4n) is 4.36. The minimum absolute atomic E-state index is 0.0281. The summed E-state index contributed by atoms with van der Waals surface area (Å²) in [6.45, 7) is 2.91. The average molecular weight is 866 g/mol. The second-order valence-electron chi connectivity index (χ2n) is 11.3. The molecule has 0 aliphatic heterocycles. The zero-order valence-electron chi connectivity index (χ0n) is 30.1. The van der Waals surface area contributed by atoms with Gasteiger partial charge < -0.3 is 10.5 Å². The third-order valence-electron chi connectivity index (χ3n) is 6.99. The molecular weight excluding hydrogens is 837 g/mol. The molecule has 308 valence electrons. The lowest BCUT2D eigenvalue weighted by atomic mass is 10.1. The zero-order chi connectivity index (χ0) is 43.3. The van der Waals surface area contributed by atoms with Crippen molar-refractivity contribution in [2.75, 3.05) is 10.9 Å². The number of rotatable bonds is 9. The number of nitrogens with two attached hydrogens (primary N) is 1. The normalized spacial score (nSPS) is 11.4. The second kappa shape index (κ2) is 19.9. The van der Waals surface area contributed by atoms with Crippen LogP contribution >= 0.6 is 23.2 Å². The van der Waals surface area contributed by atoms with Gasteiger partial charge in [0.15, 0.2) is 23.3 Å². The van der Waals surface area contributed by atoms with Gasteiger partial charge in [0.25, 0.3) is 5.91 Å². The fourth-order valence-corrected chi connectivity index (χ4v) is 4.79. The molecule has 59 heavy (non-hydrogen) atoms. The van der Waals surface area contributed by atoms with E-state index in [9.17, 15) is 35.9 Å². The number of anilines is 2. The number of aryl methyl sites for hydroxylation is 2. The van der Waals surface area contributed by atoms with E-state index in [0.29, 0.717) is 11.6 Å². The van der Waals surface area contributed by atoms with Crippen LogP contribution in [0.1, 0.15) is 22.3 Å². The van der Waals surface area contributed by atoms with Gasteiger partial charge in [-0.25, -0.2) is 39.9 Å². The number of halogens is 8. The van der Waals surface area contributed by atoms with Crippen LogP contribution in [0.25, 0.3) is 35.2 Å². The molecular formula is C34H28Cl2F6N14O3. The number of carboxylic acid groups (broad SMARTS) is 1. The Morgan fingerprint density at radius 2 is 1.17 bits per heavy atom. The molecule has 6 rings (SSSR count). The van der Waals surface area contributed by atoms with Gasteiger partial charge in [0, 0.05) is 60.5 Å². The molecule has 4 heterocycles. The van der Waals surface area contributed by atoms with Gasteiger partial charge >= 0.3 is 18.3 Å². The molecule has 6 aromatic rings. The Bertz CT molecular complexity index is 2430.